The van der Waals surface area contributed by atoms with Gasteiger partial charge in [0.05, 0.1) is 6.61 Å². The van der Waals surface area contributed by atoms with Gasteiger partial charge in [-0.3, -0.25) is 9.59 Å². The molecule has 0 bridgehead atoms. The van der Waals surface area contributed by atoms with Crippen molar-refractivity contribution < 1.29 is 34.1 Å². The summed E-state index contributed by atoms with van der Waals surface area (Å²) in [5.74, 6) is -2.79. The first-order chi connectivity index (χ1) is 15.0. The smallest absolute Gasteiger partial charge is 0.379 e. The molecule has 7 nitrogen and oxygen atoms in total. The summed E-state index contributed by atoms with van der Waals surface area (Å²) in [6.45, 7) is 1.42. The molecule has 1 aliphatic heterocycles. The second kappa shape index (κ2) is 16.4. The third-order valence-electron chi connectivity index (χ3n) is 4.86. The Bertz CT molecular complexity index is 636. The van der Waals surface area contributed by atoms with Gasteiger partial charge in [-0.25, -0.2) is 4.79 Å². The Balaban J connectivity index is 2.08. The molecule has 1 rings (SSSR count). The lowest BCUT2D eigenvalue weighted by atomic mass is 10.1. The van der Waals surface area contributed by atoms with Crippen LogP contribution in [0, 0.1) is 0 Å². The minimum atomic E-state index is -1.49. The highest BCUT2D eigenvalue weighted by atomic mass is 16.6. The van der Waals surface area contributed by atoms with Crippen molar-refractivity contribution in [2.45, 2.75) is 89.4 Å². The average Bonchev–Trinajstić information content (AvgIpc) is 3.04. The van der Waals surface area contributed by atoms with Gasteiger partial charge < -0.3 is 19.7 Å². The molecule has 31 heavy (non-hydrogen) atoms. The Labute approximate surface area is 184 Å². The molecular formula is C24H36O7. The van der Waals surface area contributed by atoms with Crippen LogP contribution >= 0.6 is 0 Å². The second-order valence-corrected chi connectivity index (χ2v) is 7.49. The van der Waals surface area contributed by atoms with E-state index in [2.05, 4.69) is 48.1 Å². The average molecular weight is 437 g/mol. The molecule has 0 radical (unpaired) electrons. The van der Waals surface area contributed by atoms with E-state index < -0.39 is 42.6 Å². The fourth-order valence-electron chi connectivity index (χ4n) is 3.10. The quantitative estimate of drug-likeness (QED) is 0.165. The van der Waals surface area contributed by atoms with Gasteiger partial charge in [0.25, 0.3) is 5.78 Å². The predicted octanol–water partition coefficient (Wildman–Crippen LogP) is 3.34. The number of rotatable bonds is 16. The van der Waals surface area contributed by atoms with E-state index in [4.69, 9.17) is 9.84 Å². The first-order valence-electron chi connectivity index (χ1n) is 11.2. The molecule has 1 fully saturated rings. The zero-order chi connectivity index (χ0) is 22.9. The summed E-state index contributed by atoms with van der Waals surface area (Å²) in [6.07, 6.45) is 17.6. The molecule has 1 aliphatic rings. The summed E-state index contributed by atoms with van der Waals surface area (Å²) in [5, 5.41) is 18.6. The Morgan fingerprint density at radius 3 is 2.29 bits per heavy atom. The van der Waals surface area contributed by atoms with Crippen LogP contribution in [0.2, 0.25) is 0 Å². The maximum Gasteiger partial charge on any atom is 0.379 e. The maximum absolute atomic E-state index is 11.9. The van der Waals surface area contributed by atoms with Gasteiger partial charge in [0.2, 0.25) is 6.10 Å². The van der Waals surface area contributed by atoms with Crippen LogP contribution in [0.5, 0.6) is 0 Å². The second-order valence-electron chi connectivity index (χ2n) is 7.49. The van der Waals surface area contributed by atoms with E-state index in [9.17, 15) is 19.5 Å². The Kier molecular flexibility index (Phi) is 14.2. The van der Waals surface area contributed by atoms with Crippen LogP contribution in [0.1, 0.15) is 71.1 Å². The van der Waals surface area contributed by atoms with Crippen LogP contribution < -0.4 is 0 Å². The van der Waals surface area contributed by atoms with Crippen molar-refractivity contribution >= 4 is 17.7 Å². The van der Waals surface area contributed by atoms with Crippen LogP contribution in [0.3, 0.4) is 0 Å². The fraction of sp³-hybridized carbons (Fsp3) is 0.625. The Morgan fingerprint density at radius 1 is 1.00 bits per heavy atom. The van der Waals surface area contributed by atoms with E-state index in [1.807, 2.05) is 0 Å². The molecule has 1 heterocycles. The maximum atomic E-state index is 11.9. The normalized spacial score (nSPS) is 20.2. The summed E-state index contributed by atoms with van der Waals surface area (Å²) in [5.41, 5.74) is 0. The van der Waals surface area contributed by atoms with Crippen LogP contribution in [0.25, 0.3) is 0 Å². The molecule has 0 aliphatic carbocycles. The Hall–Kier alpha value is -2.25. The highest BCUT2D eigenvalue weighted by Gasteiger charge is 2.49. The number of esters is 2. The van der Waals surface area contributed by atoms with Crippen molar-refractivity contribution in [3.05, 3.63) is 36.5 Å². The molecule has 0 spiro atoms. The summed E-state index contributed by atoms with van der Waals surface area (Å²) < 4.78 is 9.71. The first-order valence-corrected chi connectivity index (χ1v) is 11.2. The van der Waals surface area contributed by atoms with E-state index >= 15 is 0 Å². The third kappa shape index (κ3) is 11.1. The lowest BCUT2D eigenvalue weighted by Crippen LogP contribution is -2.41. The zero-order valence-electron chi connectivity index (χ0n) is 18.4. The topological polar surface area (TPSA) is 110 Å². The monoisotopic (exact) mass is 436 g/mol. The molecule has 0 saturated carbocycles. The van der Waals surface area contributed by atoms with Gasteiger partial charge in [0.15, 0.2) is 6.10 Å². The molecule has 0 aromatic carbocycles. The number of allylic oxidation sites excluding steroid dienone is 6. The molecular weight excluding hydrogens is 400 g/mol. The number of Topliss-reactive ketones (excluding diaryl/α,β-unsaturated/α-hetero) is 1. The van der Waals surface area contributed by atoms with Gasteiger partial charge in [0.1, 0.15) is 6.10 Å². The SMILES string of the molecule is CCC=CCC=CCC=CCCCCCCCC(=O)OC1C(=O)C(=O)O[C@@H]1[C@@H](O)CO. The van der Waals surface area contributed by atoms with E-state index in [0.29, 0.717) is 6.42 Å². The van der Waals surface area contributed by atoms with Crippen molar-refractivity contribution in [3.8, 4) is 0 Å². The van der Waals surface area contributed by atoms with Crippen molar-refractivity contribution in [3.63, 3.8) is 0 Å². The number of unbranched alkanes of at least 4 members (excludes halogenated alkanes) is 5. The molecule has 0 aromatic rings. The number of carbonyl (C=O) groups excluding carboxylic acids is 3. The number of ether oxygens (including phenoxy) is 2. The van der Waals surface area contributed by atoms with Gasteiger partial charge in [-0.05, 0) is 38.5 Å². The number of cyclic esters (lactones) is 1. The molecule has 174 valence electrons. The predicted molar refractivity (Wildman–Crippen MR) is 117 cm³/mol. The lowest BCUT2D eigenvalue weighted by molar-refractivity contribution is -0.160. The molecule has 1 saturated heterocycles. The van der Waals surface area contributed by atoms with Crippen LogP contribution in [-0.4, -0.2) is 52.9 Å². The molecule has 7 heteroatoms. The van der Waals surface area contributed by atoms with Crippen molar-refractivity contribution in [2.24, 2.45) is 0 Å². The number of aliphatic hydroxyl groups excluding tert-OH is 2. The van der Waals surface area contributed by atoms with E-state index in [1.165, 1.54) is 0 Å². The molecule has 0 amide bonds. The van der Waals surface area contributed by atoms with Crippen LogP contribution in [0.4, 0.5) is 0 Å². The zero-order valence-corrected chi connectivity index (χ0v) is 18.4. The molecule has 3 atom stereocenters. The van der Waals surface area contributed by atoms with Gasteiger partial charge in [0, 0.05) is 6.42 Å². The number of hydrogen-bond acceptors (Lipinski definition) is 7. The third-order valence-corrected chi connectivity index (χ3v) is 4.86. The van der Waals surface area contributed by atoms with Crippen LogP contribution in [0.15, 0.2) is 36.5 Å². The van der Waals surface area contributed by atoms with Gasteiger partial charge >= 0.3 is 11.9 Å². The number of ketones is 1. The van der Waals surface area contributed by atoms with Gasteiger partial charge in [-0.2, -0.15) is 0 Å². The Morgan fingerprint density at radius 2 is 1.61 bits per heavy atom. The minimum absolute atomic E-state index is 0.125. The summed E-state index contributed by atoms with van der Waals surface area (Å²) in [7, 11) is 0. The highest BCUT2D eigenvalue weighted by molar-refractivity contribution is 6.37. The van der Waals surface area contributed by atoms with E-state index in [1.54, 1.807) is 0 Å². The fourth-order valence-corrected chi connectivity index (χ4v) is 3.10. The van der Waals surface area contributed by atoms with Crippen LogP contribution in [-0.2, 0) is 23.9 Å². The van der Waals surface area contributed by atoms with Crippen molar-refractivity contribution in [2.75, 3.05) is 6.61 Å². The minimum Gasteiger partial charge on any atom is -0.450 e. The molecule has 1 unspecified atom stereocenters. The summed E-state index contributed by atoms with van der Waals surface area (Å²) in [6, 6.07) is 0. The summed E-state index contributed by atoms with van der Waals surface area (Å²) in [4.78, 5) is 35.0. The van der Waals surface area contributed by atoms with Crippen molar-refractivity contribution in [1.29, 1.82) is 0 Å². The molecule has 2 N–H and O–H groups in total. The molecule has 0 aromatic heterocycles. The standard InChI is InChI=1S/C24H36O7/c1-2-3-4-5-6-7-8-9-10-11-12-13-14-15-16-17-20(27)30-23-21(28)24(29)31-22(23)19(26)18-25/h3-4,6-7,9-10,19,22-23,25-26H,2,5,8,11-18H2,1H3/t19-,22+,23?/m0/s1. The van der Waals surface area contributed by atoms with E-state index in [-0.39, 0.29) is 6.42 Å². The summed E-state index contributed by atoms with van der Waals surface area (Å²) >= 11 is 0. The van der Waals surface area contributed by atoms with E-state index in [0.717, 1.165) is 51.4 Å². The van der Waals surface area contributed by atoms with Gasteiger partial charge in [-0.1, -0.05) is 62.6 Å². The van der Waals surface area contributed by atoms with Crippen molar-refractivity contribution in [1.82, 2.24) is 0 Å². The van der Waals surface area contributed by atoms with Gasteiger partial charge in [-0.15, -0.1) is 0 Å². The highest BCUT2D eigenvalue weighted by Crippen LogP contribution is 2.20. The number of carbonyl (C=O) groups is 3. The first kappa shape index (κ1) is 26.8. The number of aliphatic hydroxyl groups is 2. The lowest BCUT2D eigenvalue weighted by Gasteiger charge is -2.20. The largest absolute Gasteiger partial charge is 0.450 e. The number of hydrogen-bond donors (Lipinski definition) is 2.